The van der Waals surface area contributed by atoms with E-state index in [4.69, 9.17) is 16.7 Å². The number of carbonyl (C=O) groups excluding carboxylic acids is 1. The van der Waals surface area contributed by atoms with Crippen molar-refractivity contribution in [2.75, 3.05) is 19.7 Å². The van der Waals surface area contributed by atoms with Crippen molar-refractivity contribution in [3.63, 3.8) is 0 Å². The number of aliphatic hydroxyl groups is 1. The minimum Gasteiger partial charge on any atom is -0.396 e. The fourth-order valence-electron chi connectivity index (χ4n) is 2.63. The molecule has 1 fully saturated rings. The molecule has 1 amide bonds. The smallest absolute Gasteiger partial charge is 0.234 e. The Bertz CT molecular complexity index is 439. The predicted molar refractivity (Wildman–Crippen MR) is 82.1 cm³/mol. The molecule has 1 aromatic heterocycles. The molecule has 2 heterocycles. The van der Waals surface area contributed by atoms with Crippen molar-refractivity contribution in [2.24, 2.45) is 0 Å². The number of likely N-dealkylation sites (tertiary alicyclic amines) is 1. The van der Waals surface area contributed by atoms with Crippen LogP contribution in [-0.4, -0.2) is 41.7 Å². The second-order valence-corrected chi connectivity index (χ2v) is 6.91. The van der Waals surface area contributed by atoms with E-state index in [2.05, 4.69) is 10.2 Å². The minimum absolute atomic E-state index is 0.0606. The molecule has 112 valence electrons. The van der Waals surface area contributed by atoms with Crippen molar-refractivity contribution in [3.05, 3.63) is 21.3 Å². The maximum Gasteiger partial charge on any atom is 0.234 e. The average Bonchev–Trinajstić information content (AvgIpc) is 3.03. The van der Waals surface area contributed by atoms with E-state index in [1.165, 1.54) is 11.3 Å². The molecule has 2 rings (SSSR count). The fourth-order valence-corrected chi connectivity index (χ4v) is 3.66. The summed E-state index contributed by atoms with van der Waals surface area (Å²) >= 11 is 7.35. The van der Waals surface area contributed by atoms with Crippen LogP contribution >= 0.6 is 22.9 Å². The summed E-state index contributed by atoms with van der Waals surface area (Å²) in [6, 6.07) is 4.23. The van der Waals surface area contributed by atoms with Gasteiger partial charge in [0.15, 0.2) is 0 Å². The van der Waals surface area contributed by atoms with E-state index in [-0.39, 0.29) is 12.5 Å². The van der Waals surface area contributed by atoms with Crippen molar-refractivity contribution in [2.45, 2.75) is 38.3 Å². The van der Waals surface area contributed by atoms with E-state index in [0.29, 0.717) is 19.1 Å². The van der Waals surface area contributed by atoms with Gasteiger partial charge in [0.25, 0.3) is 0 Å². The number of amides is 1. The summed E-state index contributed by atoms with van der Waals surface area (Å²) in [7, 11) is 0. The molecular formula is C14H21ClN2O2S. The van der Waals surface area contributed by atoms with Gasteiger partial charge in [0, 0.05) is 17.5 Å². The zero-order valence-electron chi connectivity index (χ0n) is 11.5. The lowest BCUT2D eigenvalue weighted by atomic mass is 10.1. The number of thiophene rings is 1. The van der Waals surface area contributed by atoms with Crippen LogP contribution in [0.25, 0.3) is 0 Å². The van der Waals surface area contributed by atoms with Gasteiger partial charge in [0.2, 0.25) is 5.91 Å². The lowest BCUT2D eigenvalue weighted by molar-refractivity contribution is -0.122. The molecule has 1 unspecified atom stereocenters. The third-order valence-corrected chi connectivity index (χ3v) is 4.86. The molecule has 0 bridgehead atoms. The molecule has 1 atom stereocenters. The van der Waals surface area contributed by atoms with E-state index < -0.39 is 0 Å². The molecule has 0 aliphatic carbocycles. The van der Waals surface area contributed by atoms with Crippen molar-refractivity contribution >= 4 is 28.8 Å². The molecule has 0 radical (unpaired) electrons. The number of hydrogen-bond acceptors (Lipinski definition) is 4. The number of halogens is 1. The summed E-state index contributed by atoms with van der Waals surface area (Å²) in [5, 5.41) is 11.8. The number of nitrogens with zero attached hydrogens (tertiary/aromatic N) is 1. The van der Waals surface area contributed by atoms with E-state index in [9.17, 15) is 4.79 Å². The number of aliphatic hydroxyl groups excluding tert-OH is 1. The van der Waals surface area contributed by atoms with Gasteiger partial charge in [-0.15, -0.1) is 11.3 Å². The standard InChI is InChI=1S/C14H21ClN2O2S/c15-13-6-5-12(20-13)9-16-14(19)10-17-7-1-3-11(17)4-2-8-18/h5-6,11,18H,1-4,7-10H2,(H,16,19). The molecule has 1 aromatic rings. The Hall–Kier alpha value is -0.620. The molecule has 0 spiro atoms. The first-order chi connectivity index (χ1) is 9.69. The van der Waals surface area contributed by atoms with Crippen molar-refractivity contribution in [1.29, 1.82) is 0 Å². The van der Waals surface area contributed by atoms with Gasteiger partial charge in [0.1, 0.15) is 0 Å². The highest BCUT2D eigenvalue weighted by Gasteiger charge is 2.25. The third kappa shape index (κ3) is 4.74. The monoisotopic (exact) mass is 316 g/mol. The Morgan fingerprint density at radius 1 is 1.55 bits per heavy atom. The average molecular weight is 317 g/mol. The van der Waals surface area contributed by atoms with Gasteiger partial charge < -0.3 is 10.4 Å². The van der Waals surface area contributed by atoms with Crippen molar-refractivity contribution in [3.8, 4) is 0 Å². The van der Waals surface area contributed by atoms with Crippen molar-refractivity contribution < 1.29 is 9.90 Å². The molecule has 1 saturated heterocycles. The van der Waals surface area contributed by atoms with Gasteiger partial charge in [-0.3, -0.25) is 9.69 Å². The lowest BCUT2D eigenvalue weighted by Gasteiger charge is -2.23. The summed E-state index contributed by atoms with van der Waals surface area (Å²) in [4.78, 5) is 15.3. The van der Waals surface area contributed by atoms with E-state index in [1.54, 1.807) is 0 Å². The van der Waals surface area contributed by atoms with Crippen LogP contribution in [0.3, 0.4) is 0 Å². The summed E-state index contributed by atoms with van der Waals surface area (Å²) in [5.74, 6) is 0.0606. The highest BCUT2D eigenvalue weighted by atomic mass is 35.5. The second kappa shape index (κ2) is 7.98. The Kier molecular flexibility index (Phi) is 6.29. The largest absolute Gasteiger partial charge is 0.396 e. The molecule has 0 saturated carbocycles. The van der Waals surface area contributed by atoms with Crippen LogP contribution in [0.5, 0.6) is 0 Å². The predicted octanol–water partition coefficient (Wildman–Crippen LogP) is 2.25. The van der Waals surface area contributed by atoms with Gasteiger partial charge in [-0.25, -0.2) is 0 Å². The first-order valence-corrected chi connectivity index (χ1v) is 8.24. The van der Waals surface area contributed by atoms with Gasteiger partial charge in [-0.1, -0.05) is 11.6 Å². The quantitative estimate of drug-likeness (QED) is 0.811. The highest BCUT2D eigenvalue weighted by Crippen LogP contribution is 2.22. The Morgan fingerprint density at radius 2 is 2.40 bits per heavy atom. The number of carbonyl (C=O) groups is 1. The summed E-state index contributed by atoms with van der Waals surface area (Å²) in [6.45, 7) is 2.21. The SMILES string of the molecule is O=C(CN1CCCC1CCCO)NCc1ccc(Cl)s1. The van der Waals surface area contributed by atoms with Crippen LogP contribution < -0.4 is 5.32 Å². The molecular weight excluding hydrogens is 296 g/mol. The second-order valence-electron chi connectivity index (χ2n) is 5.11. The summed E-state index contributed by atoms with van der Waals surface area (Å²) < 4.78 is 0.748. The van der Waals surface area contributed by atoms with Crippen molar-refractivity contribution in [1.82, 2.24) is 10.2 Å². The van der Waals surface area contributed by atoms with E-state index in [0.717, 1.165) is 41.4 Å². The molecule has 1 aliphatic rings. The molecule has 4 nitrogen and oxygen atoms in total. The molecule has 1 aliphatic heterocycles. The zero-order chi connectivity index (χ0) is 14.4. The van der Waals surface area contributed by atoms with Crippen LogP contribution in [0.1, 0.15) is 30.6 Å². The Morgan fingerprint density at radius 3 is 3.10 bits per heavy atom. The van der Waals surface area contributed by atoms with Crippen LogP contribution in [0.4, 0.5) is 0 Å². The Labute approximate surface area is 128 Å². The first kappa shape index (κ1) is 15.8. The van der Waals surface area contributed by atoms with Gasteiger partial charge in [0.05, 0.1) is 17.4 Å². The maximum absolute atomic E-state index is 12.0. The highest BCUT2D eigenvalue weighted by molar-refractivity contribution is 7.16. The summed E-state index contributed by atoms with van der Waals surface area (Å²) in [5.41, 5.74) is 0. The van der Waals surface area contributed by atoms with Gasteiger partial charge in [-0.05, 0) is 44.4 Å². The number of rotatable bonds is 7. The van der Waals surface area contributed by atoms with Gasteiger partial charge >= 0.3 is 0 Å². The number of nitrogens with one attached hydrogen (secondary N) is 1. The van der Waals surface area contributed by atoms with E-state index >= 15 is 0 Å². The normalized spacial score (nSPS) is 19.4. The Balaban J connectivity index is 1.73. The fraction of sp³-hybridized carbons (Fsp3) is 0.643. The topological polar surface area (TPSA) is 52.6 Å². The third-order valence-electron chi connectivity index (χ3n) is 3.63. The van der Waals surface area contributed by atoms with Gasteiger partial charge in [-0.2, -0.15) is 0 Å². The van der Waals surface area contributed by atoms with Crippen LogP contribution in [0.15, 0.2) is 12.1 Å². The first-order valence-electron chi connectivity index (χ1n) is 7.05. The van der Waals surface area contributed by atoms with Crippen LogP contribution in [0.2, 0.25) is 4.34 Å². The molecule has 0 aromatic carbocycles. The lowest BCUT2D eigenvalue weighted by Crippen LogP contribution is -2.39. The molecule has 20 heavy (non-hydrogen) atoms. The van der Waals surface area contributed by atoms with E-state index in [1.807, 2.05) is 12.1 Å². The molecule has 2 N–H and O–H groups in total. The molecule has 6 heteroatoms. The van der Waals surface area contributed by atoms with Crippen LogP contribution in [-0.2, 0) is 11.3 Å². The maximum atomic E-state index is 12.0. The minimum atomic E-state index is 0.0606. The zero-order valence-corrected chi connectivity index (χ0v) is 13.1. The number of hydrogen-bond donors (Lipinski definition) is 2. The van der Waals surface area contributed by atoms with Crippen LogP contribution in [0, 0.1) is 0 Å². The summed E-state index contributed by atoms with van der Waals surface area (Å²) in [6.07, 6.45) is 4.07.